The van der Waals surface area contributed by atoms with E-state index in [4.69, 9.17) is 0 Å². The van der Waals surface area contributed by atoms with Gasteiger partial charge in [0.15, 0.2) is 0 Å². The maximum atomic E-state index is 12.2. The van der Waals surface area contributed by atoms with Crippen LogP contribution in [0.3, 0.4) is 0 Å². The Balaban J connectivity index is 1.50. The highest BCUT2D eigenvalue weighted by Crippen LogP contribution is 2.37. The van der Waals surface area contributed by atoms with Crippen LogP contribution in [0.25, 0.3) is 12.2 Å². The minimum atomic E-state index is -4.66. The van der Waals surface area contributed by atoms with E-state index in [9.17, 15) is 13.2 Å². The standard InChI is InChI=1S/C26H31F3O/c1-2-3-4-5-20-8-14-23(15-9-20)24-16-10-21(11-17-24)6-7-22-12-18-25(19-13-22)30-26(27,28)29/h6-7,10-13,16-20,23H,2-5,8-9,14-15H2,1H3/t20-,23-. The first kappa shape index (κ1) is 22.5. The van der Waals surface area contributed by atoms with Crippen LogP contribution in [-0.2, 0) is 0 Å². The van der Waals surface area contributed by atoms with E-state index in [1.165, 1.54) is 69.1 Å². The van der Waals surface area contributed by atoms with Gasteiger partial charge in [-0.05, 0) is 66.3 Å². The van der Waals surface area contributed by atoms with Gasteiger partial charge in [0.1, 0.15) is 5.75 Å². The van der Waals surface area contributed by atoms with Crippen molar-refractivity contribution in [2.45, 2.75) is 70.6 Å². The van der Waals surface area contributed by atoms with Crippen LogP contribution >= 0.6 is 0 Å². The molecule has 0 spiro atoms. The first-order valence-electron chi connectivity index (χ1n) is 11.1. The molecule has 1 fully saturated rings. The molecule has 0 atom stereocenters. The second-order valence-corrected chi connectivity index (χ2v) is 8.33. The molecule has 4 heteroatoms. The molecular formula is C26H31F3O. The van der Waals surface area contributed by atoms with E-state index in [0.29, 0.717) is 5.92 Å². The van der Waals surface area contributed by atoms with E-state index in [1.807, 2.05) is 12.2 Å². The van der Waals surface area contributed by atoms with Crippen LogP contribution in [0.4, 0.5) is 13.2 Å². The van der Waals surface area contributed by atoms with Crippen molar-refractivity contribution in [3.8, 4) is 5.75 Å². The topological polar surface area (TPSA) is 9.23 Å². The molecule has 30 heavy (non-hydrogen) atoms. The predicted molar refractivity (Wildman–Crippen MR) is 117 cm³/mol. The van der Waals surface area contributed by atoms with Gasteiger partial charge in [0.2, 0.25) is 0 Å². The normalized spacial score (nSPS) is 19.9. The summed E-state index contributed by atoms with van der Waals surface area (Å²) in [4.78, 5) is 0. The van der Waals surface area contributed by atoms with Crippen LogP contribution in [0.15, 0.2) is 48.5 Å². The largest absolute Gasteiger partial charge is 0.573 e. The van der Waals surface area contributed by atoms with Crippen molar-refractivity contribution in [2.75, 3.05) is 0 Å². The van der Waals surface area contributed by atoms with Crippen LogP contribution in [0.1, 0.15) is 80.9 Å². The summed E-state index contributed by atoms with van der Waals surface area (Å²) in [5.41, 5.74) is 3.34. The molecule has 2 aromatic rings. The lowest BCUT2D eigenvalue weighted by Gasteiger charge is -2.29. The Kier molecular flexibility index (Phi) is 8.01. The van der Waals surface area contributed by atoms with Crippen molar-refractivity contribution in [1.82, 2.24) is 0 Å². The van der Waals surface area contributed by atoms with Crippen LogP contribution in [0, 0.1) is 5.92 Å². The molecule has 1 aliphatic carbocycles. The van der Waals surface area contributed by atoms with Crippen molar-refractivity contribution in [3.63, 3.8) is 0 Å². The van der Waals surface area contributed by atoms with Gasteiger partial charge in [0.05, 0.1) is 0 Å². The van der Waals surface area contributed by atoms with Crippen molar-refractivity contribution < 1.29 is 17.9 Å². The summed E-state index contributed by atoms with van der Waals surface area (Å²) in [6.45, 7) is 2.26. The van der Waals surface area contributed by atoms with E-state index in [2.05, 4.69) is 35.9 Å². The average Bonchev–Trinajstić information content (AvgIpc) is 2.73. The third kappa shape index (κ3) is 7.23. The van der Waals surface area contributed by atoms with Crippen molar-refractivity contribution >= 4 is 12.2 Å². The van der Waals surface area contributed by atoms with Gasteiger partial charge in [-0.2, -0.15) is 0 Å². The van der Waals surface area contributed by atoms with Crippen molar-refractivity contribution in [2.24, 2.45) is 5.92 Å². The molecule has 0 heterocycles. The third-order valence-electron chi connectivity index (χ3n) is 6.05. The molecule has 0 amide bonds. The lowest BCUT2D eigenvalue weighted by molar-refractivity contribution is -0.274. The van der Waals surface area contributed by atoms with E-state index >= 15 is 0 Å². The van der Waals surface area contributed by atoms with Crippen LogP contribution < -0.4 is 4.74 Å². The number of hydrogen-bond donors (Lipinski definition) is 0. The molecule has 1 nitrogen and oxygen atoms in total. The Labute approximate surface area is 178 Å². The van der Waals surface area contributed by atoms with Gasteiger partial charge in [0.25, 0.3) is 0 Å². The number of unbranched alkanes of at least 4 members (excludes halogenated alkanes) is 2. The fraction of sp³-hybridized carbons (Fsp3) is 0.462. The quantitative estimate of drug-likeness (QED) is 0.309. The number of hydrogen-bond acceptors (Lipinski definition) is 1. The summed E-state index contributed by atoms with van der Waals surface area (Å²) in [5, 5.41) is 0. The van der Waals surface area contributed by atoms with Gasteiger partial charge in [-0.25, -0.2) is 0 Å². The summed E-state index contributed by atoms with van der Waals surface area (Å²) in [5.74, 6) is 1.39. The minimum Gasteiger partial charge on any atom is -0.406 e. The maximum Gasteiger partial charge on any atom is 0.573 e. The molecule has 0 saturated heterocycles. The van der Waals surface area contributed by atoms with Crippen LogP contribution in [-0.4, -0.2) is 6.36 Å². The molecular weight excluding hydrogens is 385 g/mol. The molecule has 0 aromatic heterocycles. The average molecular weight is 417 g/mol. The van der Waals surface area contributed by atoms with E-state index < -0.39 is 6.36 Å². The Morgan fingerprint density at radius 2 is 1.40 bits per heavy atom. The Morgan fingerprint density at radius 1 is 0.833 bits per heavy atom. The zero-order valence-electron chi connectivity index (χ0n) is 17.6. The molecule has 3 rings (SSSR count). The van der Waals surface area contributed by atoms with Gasteiger partial charge < -0.3 is 4.74 Å². The predicted octanol–water partition coefficient (Wildman–Crippen LogP) is 8.61. The summed E-state index contributed by atoms with van der Waals surface area (Å²) in [6.07, 6.45) is 9.94. The van der Waals surface area contributed by atoms with Gasteiger partial charge in [0, 0.05) is 0 Å². The van der Waals surface area contributed by atoms with Crippen molar-refractivity contribution in [1.29, 1.82) is 0 Å². The number of ether oxygens (including phenoxy) is 1. The molecule has 2 aromatic carbocycles. The zero-order valence-corrected chi connectivity index (χ0v) is 17.6. The number of halogens is 3. The highest BCUT2D eigenvalue weighted by atomic mass is 19.4. The molecule has 0 aliphatic heterocycles. The fourth-order valence-corrected chi connectivity index (χ4v) is 4.32. The first-order chi connectivity index (χ1) is 14.4. The Hall–Kier alpha value is -2.23. The smallest absolute Gasteiger partial charge is 0.406 e. The third-order valence-corrected chi connectivity index (χ3v) is 6.05. The number of benzene rings is 2. The summed E-state index contributed by atoms with van der Waals surface area (Å²) < 4.78 is 40.6. The second kappa shape index (κ2) is 10.7. The Morgan fingerprint density at radius 3 is 1.93 bits per heavy atom. The first-order valence-corrected chi connectivity index (χ1v) is 11.1. The van der Waals surface area contributed by atoms with Crippen LogP contribution in [0.2, 0.25) is 0 Å². The molecule has 0 radical (unpaired) electrons. The summed E-state index contributed by atoms with van der Waals surface area (Å²) in [7, 11) is 0. The zero-order chi connectivity index (χ0) is 21.4. The molecule has 0 N–H and O–H groups in total. The summed E-state index contributed by atoms with van der Waals surface area (Å²) >= 11 is 0. The van der Waals surface area contributed by atoms with E-state index in [-0.39, 0.29) is 5.75 Å². The van der Waals surface area contributed by atoms with Gasteiger partial charge >= 0.3 is 6.36 Å². The lowest BCUT2D eigenvalue weighted by atomic mass is 9.77. The highest BCUT2D eigenvalue weighted by molar-refractivity contribution is 5.69. The monoisotopic (exact) mass is 416 g/mol. The van der Waals surface area contributed by atoms with Gasteiger partial charge in [-0.1, -0.05) is 81.2 Å². The number of alkyl halides is 3. The molecule has 1 aliphatic rings. The van der Waals surface area contributed by atoms with Gasteiger partial charge in [-0.3, -0.25) is 0 Å². The molecule has 0 bridgehead atoms. The van der Waals surface area contributed by atoms with Crippen molar-refractivity contribution in [3.05, 3.63) is 65.2 Å². The fourth-order valence-electron chi connectivity index (χ4n) is 4.32. The molecule has 162 valence electrons. The SMILES string of the molecule is CCCCC[C@H]1CC[C@H](c2ccc(C=Cc3ccc(OC(F)(F)F)cc3)cc2)CC1. The molecule has 0 unspecified atom stereocenters. The lowest BCUT2D eigenvalue weighted by Crippen LogP contribution is -2.16. The molecule has 1 saturated carbocycles. The minimum absolute atomic E-state index is 0.205. The number of rotatable bonds is 8. The summed E-state index contributed by atoms with van der Waals surface area (Å²) in [6, 6.07) is 14.6. The maximum absolute atomic E-state index is 12.2. The highest BCUT2D eigenvalue weighted by Gasteiger charge is 2.30. The van der Waals surface area contributed by atoms with E-state index in [0.717, 1.165) is 17.0 Å². The second-order valence-electron chi connectivity index (χ2n) is 8.33. The van der Waals surface area contributed by atoms with E-state index in [1.54, 1.807) is 12.1 Å². The van der Waals surface area contributed by atoms with Gasteiger partial charge in [-0.15, -0.1) is 13.2 Å². The van der Waals surface area contributed by atoms with Crippen LogP contribution in [0.5, 0.6) is 5.75 Å². The Bertz CT molecular complexity index is 783.